The molecule has 3 atom stereocenters. The highest BCUT2D eigenvalue weighted by Gasteiger charge is 2.30. The molecule has 2 fully saturated rings. The fourth-order valence-electron chi connectivity index (χ4n) is 5.01. The maximum absolute atomic E-state index is 12.2. The largest absolute Gasteiger partial charge is 0.508 e. The predicted octanol–water partition coefficient (Wildman–Crippen LogP) is 5.93. The van der Waals surface area contributed by atoms with Gasteiger partial charge in [0.1, 0.15) is 23.2 Å². The number of hydrogen-bond donors (Lipinski definition) is 2. The summed E-state index contributed by atoms with van der Waals surface area (Å²) in [6.07, 6.45) is 6.84. The van der Waals surface area contributed by atoms with Gasteiger partial charge in [0, 0.05) is 19.1 Å². The lowest BCUT2D eigenvalue weighted by Gasteiger charge is -2.24. The highest BCUT2D eigenvalue weighted by atomic mass is 16.6. The van der Waals surface area contributed by atoms with Crippen molar-refractivity contribution in [3.05, 3.63) is 42.6 Å². The van der Waals surface area contributed by atoms with Crippen LogP contribution in [-0.4, -0.2) is 45.3 Å². The minimum absolute atomic E-state index is 0.0129. The summed E-state index contributed by atoms with van der Waals surface area (Å²) in [4.78, 5) is 12.2. The van der Waals surface area contributed by atoms with Crippen LogP contribution in [0.25, 0.3) is 22.0 Å². The Balaban J connectivity index is 1.40. The summed E-state index contributed by atoms with van der Waals surface area (Å²) in [5.41, 5.74) is 2.40. The van der Waals surface area contributed by atoms with Gasteiger partial charge in [0.2, 0.25) is 0 Å². The van der Waals surface area contributed by atoms with Gasteiger partial charge in [-0.25, -0.2) is 9.48 Å². The van der Waals surface area contributed by atoms with Crippen molar-refractivity contribution in [3.63, 3.8) is 0 Å². The number of aromatic hydroxyl groups is 1. The number of phenolic OH excluding ortho intramolecular Hbond substituents is 1. The molecule has 1 amide bonds. The van der Waals surface area contributed by atoms with Gasteiger partial charge in [0.15, 0.2) is 6.23 Å². The number of rotatable bonds is 5. The lowest BCUT2D eigenvalue weighted by Crippen LogP contribution is -2.38. The van der Waals surface area contributed by atoms with E-state index >= 15 is 0 Å². The number of benzene rings is 2. The fourth-order valence-corrected chi connectivity index (χ4v) is 5.01. The van der Waals surface area contributed by atoms with Crippen molar-refractivity contribution < 1.29 is 24.1 Å². The number of carbonyl (C=O) groups excluding carboxylic acids is 1. The Labute approximate surface area is 211 Å². The second kappa shape index (κ2) is 10.0. The first-order valence-corrected chi connectivity index (χ1v) is 12.8. The van der Waals surface area contributed by atoms with Crippen LogP contribution in [0.5, 0.6) is 11.5 Å². The number of aromatic nitrogens is 2. The van der Waals surface area contributed by atoms with Gasteiger partial charge in [0.25, 0.3) is 0 Å². The zero-order valence-corrected chi connectivity index (χ0v) is 21.2. The van der Waals surface area contributed by atoms with Crippen molar-refractivity contribution in [1.29, 1.82) is 0 Å². The summed E-state index contributed by atoms with van der Waals surface area (Å²) in [6, 6.07) is 11.3. The number of amides is 1. The number of fused-ring (bicyclic) bond motifs is 1. The zero-order chi connectivity index (χ0) is 25.3. The van der Waals surface area contributed by atoms with E-state index in [0.29, 0.717) is 6.42 Å². The molecule has 1 unspecified atom stereocenters. The number of alkyl carbamates (subject to hydrolysis) is 1. The van der Waals surface area contributed by atoms with Gasteiger partial charge in [-0.2, -0.15) is 5.10 Å². The van der Waals surface area contributed by atoms with E-state index in [0.717, 1.165) is 66.5 Å². The number of nitrogens with zero attached hydrogens (tertiary/aromatic N) is 2. The van der Waals surface area contributed by atoms with Crippen LogP contribution in [0.15, 0.2) is 42.6 Å². The van der Waals surface area contributed by atoms with Gasteiger partial charge in [-0.3, -0.25) is 0 Å². The molecular weight excluding hydrogens is 458 g/mol. The molecule has 192 valence electrons. The summed E-state index contributed by atoms with van der Waals surface area (Å²) in [5.74, 6) is 0.993. The predicted molar refractivity (Wildman–Crippen MR) is 137 cm³/mol. The smallest absolute Gasteiger partial charge is 0.407 e. The summed E-state index contributed by atoms with van der Waals surface area (Å²) in [7, 11) is 0. The summed E-state index contributed by atoms with van der Waals surface area (Å²) in [5, 5.41) is 18.4. The molecule has 1 aliphatic carbocycles. The number of carbonyl (C=O) groups is 1. The van der Waals surface area contributed by atoms with Crippen LogP contribution >= 0.6 is 0 Å². The van der Waals surface area contributed by atoms with E-state index in [4.69, 9.17) is 14.2 Å². The van der Waals surface area contributed by atoms with Crippen LogP contribution in [0, 0.1) is 0 Å². The van der Waals surface area contributed by atoms with Crippen LogP contribution in [0.1, 0.15) is 65.5 Å². The second-order valence-electron chi connectivity index (χ2n) is 10.8. The first-order chi connectivity index (χ1) is 17.2. The molecule has 8 heteroatoms. The SMILES string of the molecule is CC(C)(C)OC(=O)N[C@H]1CC[C@H](Oc2cc(-c3ccc(O)cc3)cc3c2cnn3C2CCCCO2)C1. The molecule has 1 saturated heterocycles. The average Bonchev–Trinajstić information content (AvgIpc) is 3.45. The average molecular weight is 494 g/mol. The second-order valence-corrected chi connectivity index (χ2v) is 10.8. The zero-order valence-electron chi connectivity index (χ0n) is 21.2. The Morgan fingerprint density at radius 1 is 1.11 bits per heavy atom. The third-order valence-electron chi connectivity index (χ3n) is 6.71. The van der Waals surface area contributed by atoms with Crippen molar-refractivity contribution in [2.24, 2.45) is 0 Å². The first-order valence-electron chi connectivity index (χ1n) is 12.8. The topological polar surface area (TPSA) is 94.8 Å². The van der Waals surface area contributed by atoms with Gasteiger partial charge in [0.05, 0.1) is 17.1 Å². The maximum Gasteiger partial charge on any atom is 0.407 e. The van der Waals surface area contributed by atoms with Crippen molar-refractivity contribution in [2.45, 2.75) is 83.3 Å². The molecule has 5 rings (SSSR count). The highest BCUT2D eigenvalue weighted by Crippen LogP contribution is 2.37. The normalized spacial score (nSPS) is 22.5. The minimum Gasteiger partial charge on any atom is -0.508 e. The van der Waals surface area contributed by atoms with Crippen molar-refractivity contribution in [1.82, 2.24) is 15.1 Å². The molecule has 8 nitrogen and oxygen atoms in total. The number of ether oxygens (including phenoxy) is 3. The van der Waals surface area contributed by atoms with Gasteiger partial charge in [-0.15, -0.1) is 0 Å². The molecule has 0 spiro atoms. The van der Waals surface area contributed by atoms with E-state index in [2.05, 4.69) is 16.5 Å². The lowest BCUT2D eigenvalue weighted by atomic mass is 10.0. The summed E-state index contributed by atoms with van der Waals surface area (Å²) in [6.45, 7) is 6.31. The standard InChI is InChI=1S/C28H35N3O5/c1-28(2,3)36-27(33)30-20-9-12-22(16-20)35-25-15-19(18-7-10-21(32)11-8-18)14-24-23(25)17-29-31(24)26-6-4-5-13-34-26/h7-8,10-11,14-15,17,20,22,26,32H,4-6,9,12-13,16H2,1-3H3,(H,30,33)/t20-,22-,26?/m0/s1. The van der Waals surface area contributed by atoms with Gasteiger partial charge in [-0.05, 0) is 88.3 Å². The van der Waals surface area contributed by atoms with Crippen LogP contribution < -0.4 is 10.1 Å². The molecule has 2 aromatic carbocycles. The Bertz CT molecular complexity index is 1210. The monoisotopic (exact) mass is 493 g/mol. The van der Waals surface area contributed by atoms with Crippen LogP contribution in [0.4, 0.5) is 4.79 Å². The molecule has 2 N–H and O–H groups in total. The number of phenols is 1. The van der Waals surface area contributed by atoms with Crippen LogP contribution in [0.2, 0.25) is 0 Å². The van der Waals surface area contributed by atoms with Crippen LogP contribution in [0.3, 0.4) is 0 Å². The number of nitrogens with one attached hydrogen (secondary N) is 1. The lowest BCUT2D eigenvalue weighted by molar-refractivity contribution is -0.0366. The minimum atomic E-state index is -0.527. The van der Waals surface area contributed by atoms with Crippen molar-refractivity contribution >= 4 is 17.0 Å². The molecule has 36 heavy (non-hydrogen) atoms. The molecule has 1 saturated carbocycles. The van der Waals surface area contributed by atoms with Crippen molar-refractivity contribution in [2.75, 3.05) is 6.61 Å². The van der Waals surface area contributed by atoms with E-state index in [9.17, 15) is 9.90 Å². The van der Waals surface area contributed by atoms with E-state index in [-0.39, 0.29) is 24.1 Å². The number of hydrogen-bond acceptors (Lipinski definition) is 6. The third kappa shape index (κ3) is 5.59. The van der Waals surface area contributed by atoms with E-state index in [1.165, 1.54) is 0 Å². The van der Waals surface area contributed by atoms with E-state index < -0.39 is 11.7 Å². The molecule has 1 aromatic heterocycles. The molecule has 3 aromatic rings. The Morgan fingerprint density at radius 2 is 1.92 bits per heavy atom. The highest BCUT2D eigenvalue weighted by molar-refractivity contribution is 5.90. The van der Waals surface area contributed by atoms with E-state index in [1.807, 2.05) is 49.8 Å². The summed E-state index contributed by atoms with van der Waals surface area (Å²) < 4.78 is 20.0. The molecule has 2 heterocycles. The Hall–Kier alpha value is -3.26. The Kier molecular flexibility index (Phi) is 6.79. The van der Waals surface area contributed by atoms with E-state index in [1.54, 1.807) is 12.1 Å². The molecule has 1 aliphatic heterocycles. The van der Waals surface area contributed by atoms with Gasteiger partial charge < -0.3 is 24.6 Å². The molecule has 2 aliphatic rings. The van der Waals surface area contributed by atoms with Crippen LogP contribution in [-0.2, 0) is 9.47 Å². The Morgan fingerprint density at radius 3 is 2.64 bits per heavy atom. The van der Waals surface area contributed by atoms with Gasteiger partial charge >= 0.3 is 6.09 Å². The van der Waals surface area contributed by atoms with Gasteiger partial charge in [-0.1, -0.05) is 12.1 Å². The van der Waals surface area contributed by atoms with Crippen molar-refractivity contribution in [3.8, 4) is 22.6 Å². The first kappa shape index (κ1) is 24.4. The fraction of sp³-hybridized carbons (Fsp3) is 0.500. The molecule has 0 radical (unpaired) electrons. The summed E-state index contributed by atoms with van der Waals surface area (Å²) >= 11 is 0. The molecule has 0 bridgehead atoms. The maximum atomic E-state index is 12.2. The molecular formula is C28H35N3O5. The third-order valence-corrected chi connectivity index (χ3v) is 6.71. The quantitative estimate of drug-likeness (QED) is 0.457.